The lowest BCUT2D eigenvalue weighted by atomic mass is 10.1. The Morgan fingerprint density at radius 3 is 3.00 bits per heavy atom. The van der Waals surface area contributed by atoms with Gasteiger partial charge in [-0.2, -0.15) is 0 Å². The lowest BCUT2D eigenvalue weighted by Crippen LogP contribution is -2.18. The second kappa shape index (κ2) is 5.47. The van der Waals surface area contributed by atoms with Crippen molar-refractivity contribution in [1.82, 2.24) is 15.3 Å². The van der Waals surface area contributed by atoms with E-state index in [-0.39, 0.29) is 6.04 Å². The molecule has 2 aromatic heterocycles. The van der Waals surface area contributed by atoms with Gasteiger partial charge in [-0.3, -0.25) is 4.98 Å². The van der Waals surface area contributed by atoms with E-state index in [1.54, 1.807) is 11.3 Å². The second-order valence-corrected chi connectivity index (χ2v) is 5.42. The van der Waals surface area contributed by atoms with Gasteiger partial charge in [-0.05, 0) is 17.9 Å². The van der Waals surface area contributed by atoms with E-state index in [9.17, 15) is 0 Å². The third kappa shape index (κ3) is 2.64. The fraction of sp³-hybridized carbons (Fsp3) is 0.200. The minimum atomic E-state index is 0.263. The summed E-state index contributed by atoms with van der Waals surface area (Å²) in [6.45, 7) is 2.94. The van der Waals surface area contributed by atoms with Crippen LogP contribution in [0.5, 0.6) is 0 Å². The van der Waals surface area contributed by atoms with Gasteiger partial charge in [0, 0.05) is 35.9 Å². The van der Waals surface area contributed by atoms with E-state index >= 15 is 0 Å². The summed E-state index contributed by atoms with van der Waals surface area (Å²) in [5.41, 5.74) is 1.22. The molecule has 19 heavy (non-hydrogen) atoms. The SMILES string of the molecule is CC(NCc1cncc2ccccc12)c1nccs1. The van der Waals surface area contributed by atoms with Gasteiger partial charge in [0.15, 0.2) is 0 Å². The first kappa shape index (κ1) is 12.3. The minimum Gasteiger partial charge on any atom is -0.304 e. The fourth-order valence-corrected chi connectivity index (χ4v) is 2.79. The van der Waals surface area contributed by atoms with Gasteiger partial charge in [0.25, 0.3) is 0 Å². The lowest BCUT2D eigenvalue weighted by Gasteiger charge is -2.12. The van der Waals surface area contributed by atoms with Crippen molar-refractivity contribution >= 4 is 22.1 Å². The monoisotopic (exact) mass is 269 g/mol. The van der Waals surface area contributed by atoms with E-state index in [2.05, 4.69) is 40.4 Å². The molecule has 1 N–H and O–H groups in total. The van der Waals surface area contributed by atoms with Crippen LogP contribution in [0, 0.1) is 0 Å². The van der Waals surface area contributed by atoms with Gasteiger partial charge in [-0.25, -0.2) is 4.98 Å². The summed E-state index contributed by atoms with van der Waals surface area (Å²) in [5.74, 6) is 0. The van der Waals surface area contributed by atoms with Crippen LogP contribution in [0.15, 0.2) is 48.2 Å². The van der Waals surface area contributed by atoms with Crippen molar-refractivity contribution in [3.05, 3.63) is 58.8 Å². The van der Waals surface area contributed by atoms with Gasteiger partial charge in [0.2, 0.25) is 0 Å². The van der Waals surface area contributed by atoms with E-state index in [0.717, 1.165) is 11.6 Å². The second-order valence-electron chi connectivity index (χ2n) is 4.49. The summed E-state index contributed by atoms with van der Waals surface area (Å²) in [6.07, 6.45) is 5.69. The summed E-state index contributed by atoms with van der Waals surface area (Å²) in [6, 6.07) is 8.60. The van der Waals surface area contributed by atoms with Gasteiger partial charge >= 0.3 is 0 Å². The predicted octanol–water partition coefficient (Wildman–Crippen LogP) is 3.54. The molecule has 0 bridgehead atoms. The van der Waals surface area contributed by atoms with E-state index in [4.69, 9.17) is 0 Å². The van der Waals surface area contributed by atoms with E-state index in [1.165, 1.54) is 16.3 Å². The molecule has 3 rings (SSSR count). The highest BCUT2D eigenvalue weighted by Crippen LogP contribution is 2.19. The number of nitrogens with zero attached hydrogens (tertiary/aromatic N) is 2. The number of rotatable bonds is 4. The van der Waals surface area contributed by atoms with Crippen molar-refractivity contribution in [3.63, 3.8) is 0 Å². The summed E-state index contributed by atoms with van der Waals surface area (Å²) in [4.78, 5) is 8.63. The number of pyridine rings is 1. The van der Waals surface area contributed by atoms with E-state index < -0.39 is 0 Å². The van der Waals surface area contributed by atoms with Crippen molar-refractivity contribution in [1.29, 1.82) is 0 Å². The Kier molecular flexibility index (Phi) is 3.53. The molecule has 3 aromatic rings. The zero-order valence-electron chi connectivity index (χ0n) is 10.7. The Morgan fingerprint density at radius 2 is 2.16 bits per heavy atom. The fourth-order valence-electron chi connectivity index (χ4n) is 2.12. The Balaban J connectivity index is 1.79. The first-order valence-electron chi connectivity index (χ1n) is 6.29. The molecule has 0 saturated heterocycles. The van der Waals surface area contributed by atoms with Crippen LogP contribution in [0.3, 0.4) is 0 Å². The Morgan fingerprint density at radius 1 is 1.26 bits per heavy atom. The number of fused-ring (bicyclic) bond motifs is 1. The zero-order chi connectivity index (χ0) is 13.1. The molecule has 1 aromatic carbocycles. The average Bonchev–Trinajstić information content (AvgIpc) is 2.99. The van der Waals surface area contributed by atoms with Crippen molar-refractivity contribution in [2.75, 3.05) is 0 Å². The topological polar surface area (TPSA) is 37.8 Å². The van der Waals surface area contributed by atoms with Crippen molar-refractivity contribution in [2.45, 2.75) is 19.5 Å². The largest absolute Gasteiger partial charge is 0.304 e. The van der Waals surface area contributed by atoms with Crippen LogP contribution in [0.25, 0.3) is 10.8 Å². The van der Waals surface area contributed by atoms with Crippen LogP contribution in [-0.4, -0.2) is 9.97 Å². The number of benzene rings is 1. The smallest absolute Gasteiger partial charge is 0.109 e. The first-order chi connectivity index (χ1) is 9.34. The molecule has 0 amide bonds. The van der Waals surface area contributed by atoms with Crippen LogP contribution in [0.1, 0.15) is 23.5 Å². The Hall–Kier alpha value is -1.78. The lowest BCUT2D eigenvalue weighted by molar-refractivity contribution is 0.573. The number of aromatic nitrogens is 2. The maximum absolute atomic E-state index is 4.33. The predicted molar refractivity (Wildman–Crippen MR) is 79.1 cm³/mol. The standard InChI is InChI=1S/C15H15N3S/c1-11(15-17-6-7-19-15)18-10-13-9-16-8-12-4-2-3-5-14(12)13/h2-9,11,18H,10H2,1H3. The highest BCUT2D eigenvalue weighted by molar-refractivity contribution is 7.09. The molecule has 4 heteroatoms. The maximum atomic E-state index is 4.33. The average molecular weight is 269 g/mol. The number of hydrogen-bond donors (Lipinski definition) is 1. The highest BCUT2D eigenvalue weighted by atomic mass is 32.1. The molecule has 1 unspecified atom stereocenters. The molecule has 2 heterocycles. The van der Waals surface area contributed by atoms with E-state index in [0.29, 0.717) is 0 Å². The van der Waals surface area contributed by atoms with Crippen LogP contribution < -0.4 is 5.32 Å². The van der Waals surface area contributed by atoms with Crippen molar-refractivity contribution < 1.29 is 0 Å². The summed E-state index contributed by atoms with van der Waals surface area (Å²) in [7, 11) is 0. The molecule has 0 saturated carbocycles. The number of hydrogen-bond acceptors (Lipinski definition) is 4. The quantitative estimate of drug-likeness (QED) is 0.787. The molecule has 3 nitrogen and oxygen atoms in total. The van der Waals surface area contributed by atoms with Gasteiger partial charge < -0.3 is 5.32 Å². The van der Waals surface area contributed by atoms with Crippen LogP contribution in [-0.2, 0) is 6.54 Å². The van der Waals surface area contributed by atoms with Crippen molar-refractivity contribution in [2.24, 2.45) is 0 Å². The van der Waals surface area contributed by atoms with Crippen LogP contribution in [0.2, 0.25) is 0 Å². The van der Waals surface area contributed by atoms with Gasteiger partial charge in [0.1, 0.15) is 5.01 Å². The summed E-state index contributed by atoms with van der Waals surface area (Å²) < 4.78 is 0. The van der Waals surface area contributed by atoms with Gasteiger partial charge in [0.05, 0.1) is 6.04 Å². The highest BCUT2D eigenvalue weighted by Gasteiger charge is 2.08. The van der Waals surface area contributed by atoms with Gasteiger partial charge in [-0.1, -0.05) is 24.3 Å². The number of nitrogens with one attached hydrogen (secondary N) is 1. The van der Waals surface area contributed by atoms with Crippen LogP contribution >= 0.6 is 11.3 Å². The molecule has 0 aliphatic rings. The Bertz CT molecular complexity index is 659. The summed E-state index contributed by atoms with van der Waals surface area (Å²) in [5, 5.41) is 9.07. The molecule has 0 radical (unpaired) electrons. The molecular formula is C15H15N3S. The van der Waals surface area contributed by atoms with E-state index in [1.807, 2.05) is 30.0 Å². The van der Waals surface area contributed by atoms with Gasteiger partial charge in [-0.15, -0.1) is 11.3 Å². The van der Waals surface area contributed by atoms with Crippen LogP contribution in [0.4, 0.5) is 0 Å². The molecule has 1 atom stereocenters. The minimum absolute atomic E-state index is 0.263. The number of thiazole rings is 1. The first-order valence-corrected chi connectivity index (χ1v) is 7.17. The summed E-state index contributed by atoms with van der Waals surface area (Å²) >= 11 is 1.68. The molecule has 96 valence electrons. The molecule has 0 aliphatic carbocycles. The molecule has 0 spiro atoms. The normalized spacial score (nSPS) is 12.7. The molecule has 0 aliphatic heterocycles. The maximum Gasteiger partial charge on any atom is 0.109 e. The third-order valence-electron chi connectivity index (χ3n) is 3.17. The molecular weight excluding hydrogens is 254 g/mol. The Labute approximate surface area is 116 Å². The van der Waals surface area contributed by atoms with Crippen molar-refractivity contribution in [3.8, 4) is 0 Å². The third-order valence-corrected chi connectivity index (χ3v) is 4.13. The zero-order valence-corrected chi connectivity index (χ0v) is 11.5. The molecule has 0 fully saturated rings.